The Morgan fingerprint density at radius 3 is 2.39 bits per heavy atom. The Morgan fingerprint density at radius 2 is 1.71 bits per heavy atom. The molecular weight excluding hydrogens is 419 g/mol. The van der Waals surface area contributed by atoms with Gasteiger partial charge in [0.2, 0.25) is 0 Å². The summed E-state index contributed by atoms with van der Waals surface area (Å²) in [6, 6.07) is 9.69. The Hall–Kier alpha value is -3.27. The summed E-state index contributed by atoms with van der Waals surface area (Å²) in [5.41, 5.74) is -0.354. The van der Waals surface area contributed by atoms with Gasteiger partial charge >= 0.3 is 12.1 Å². The molecule has 0 heterocycles. The van der Waals surface area contributed by atoms with Crippen molar-refractivity contribution in [2.75, 3.05) is 38.9 Å². The predicted octanol–water partition coefficient (Wildman–Crippen LogP) is 3.60. The lowest BCUT2D eigenvalue weighted by Crippen LogP contribution is -2.24. The number of carbonyl (C=O) groups is 2. The van der Waals surface area contributed by atoms with Crippen LogP contribution in [0.25, 0.3) is 0 Å². The first kappa shape index (κ1) is 24.0. The van der Waals surface area contributed by atoms with Crippen molar-refractivity contribution in [2.45, 2.75) is 13.1 Å². The third-order valence-corrected chi connectivity index (χ3v) is 3.93. The molecular formula is C21H22F3NO6. The van der Waals surface area contributed by atoms with Crippen LogP contribution in [0.4, 0.5) is 18.9 Å². The van der Waals surface area contributed by atoms with Crippen molar-refractivity contribution in [2.24, 2.45) is 0 Å². The SMILES string of the molecule is COCCOc1ccc(C(F)(F)F)cc1NC(=O)COC(=O)COc1ccccc1C. The third-order valence-electron chi connectivity index (χ3n) is 3.93. The summed E-state index contributed by atoms with van der Waals surface area (Å²) in [7, 11) is 1.44. The molecule has 0 atom stereocenters. The molecule has 0 fully saturated rings. The van der Waals surface area contributed by atoms with Crippen molar-refractivity contribution in [3.05, 3.63) is 53.6 Å². The molecule has 2 aromatic carbocycles. The zero-order chi connectivity index (χ0) is 22.9. The lowest BCUT2D eigenvalue weighted by Gasteiger charge is -2.15. The zero-order valence-corrected chi connectivity index (χ0v) is 17.0. The fourth-order valence-electron chi connectivity index (χ4n) is 2.39. The normalized spacial score (nSPS) is 11.0. The molecule has 0 spiro atoms. The fraction of sp³-hybridized carbons (Fsp3) is 0.333. The fourth-order valence-corrected chi connectivity index (χ4v) is 2.39. The standard InChI is InChI=1S/C21H22F3NO6/c1-14-5-3-4-6-17(14)30-13-20(27)31-12-19(26)25-16-11-15(21(22,23)24)7-8-18(16)29-10-9-28-2/h3-8,11H,9-10,12-13H2,1-2H3,(H,25,26). The maximum Gasteiger partial charge on any atom is 0.416 e. The zero-order valence-electron chi connectivity index (χ0n) is 17.0. The lowest BCUT2D eigenvalue weighted by molar-refractivity contribution is -0.149. The van der Waals surface area contributed by atoms with Crippen LogP contribution in [0.15, 0.2) is 42.5 Å². The van der Waals surface area contributed by atoms with Crippen LogP contribution in [0.1, 0.15) is 11.1 Å². The number of benzene rings is 2. The first-order chi connectivity index (χ1) is 14.7. The molecule has 0 radical (unpaired) electrons. The van der Waals surface area contributed by atoms with Crippen LogP contribution in [0, 0.1) is 6.92 Å². The van der Waals surface area contributed by atoms with E-state index in [1.165, 1.54) is 7.11 Å². The van der Waals surface area contributed by atoms with E-state index < -0.39 is 36.8 Å². The Balaban J connectivity index is 1.94. The van der Waals surface area contributed by atoms with E-state index in [1.807, 2.05) is 6.07 Å². The van der Waals surface area contributed by atoms with Gasteiger partial charge in [-0.15, -0.1) is 0 Å². The van der Waals surface area contributed by atoms with Crippen LogP contribution < -0.4 is 14.8 Å². The molecule has 1 N–H and O–H groups in total. The highest BCUT2D eigenvalue weighted by Gasteiger charge is 2.31. The number of halogens is 3. The number of aryl methyl sites for hydroxylation is 1. The first-order valence-electron chi connectivity index (χ1n) is 9.17. The number of hydrogen-bond donors (Lipinski definition) is 1. The van der Waals surface area contributed by atoms with Crippen LogP contribution in [-0.4, -0.2) is 45.4 Å². The van der Waals surface area contributed by atoms with E-state index in [0.717, 1.165) is 23.8 Å². The molecule has 0 unspecified atom stereocenters. The molecule has 7 nitrogen and oxygen atoms in total. The summed E-state index contributed by atoms with van der Waals surface area (Å²) >= 11 is 0. The Bertz CT molecular complexity index is 901. The van der Waals surface area contributed by atoms with E-state index in [9.17, 15) is 22.8 Å². The van der Waals surface area contributed by atoms with Crippen molar-refractivity contribution in [1.29, 1.82) is 0 Å². The number of amides is 1. The summed E-state index contributed by atoms with van der Waals surface area (Å²) < 4.78 is 59.3. The summed E-state index contributed by atoms with van der Waals surface area (Å²) in [6.45, 7) is 0.940. The average molecular weight is 441 g/mol. The monoisotopic (exact) mass is 441 g/mol. The van der Waals surface area contributed by atoms with Gasteiger partial charge in [-0.1, -0.05) is 18.2 Å². The van der Waals surface area contributed by atoms with E-state index >= 15 is 0 Å². The second-order valence-corrected chi connectivity index (χ2v) is 6.31. The molecule has 0 aliphatic heterocycles. The second kappa shape index (κ2) is 11.2. The molecule has 0 saturated heterocycles. The van der Waals surface area contributed by atoms with E-state index in [4.69, 9.17) is 18.9 Å². The van der Waals surface area contributed by atoms with Gasteiger partial charge in [-0.25, -0.2) is 4.79 Å². The molecule has 10 heteroatoms. The molecule has 2 aromatic rings. The number of esters is 1. The van der Waals surface area contributed by atoms with Gasteiger partial charge in [-0.05, 0) is 36.8 Å². The topological polar surface area (TPSA) is 83.1 Å². The number of rotatable bonds is 10. The Labute approximate surface area is 177 Å². The molecule has 0 saturated carbocycles. The molecule has 168 valence electrons. The summed E-state index contributed by atoms with van der Waals surface area (Å²) in [5, 5.41) is 2.27. The average Bonchev–Trinajstić information content (AvgIpc) is 2.72. The van der Waals surface area contributed by atoms with Crippen molar-refractivity contribution in [3.63, 3.8) is 0 Å². The van der Waals surface area contributed by atoms with Gasteiger partial charge in [-0.3, -0.25) is 4.79 Å². The smallest absolute Gasteiger partial charge is 0.416 e. The van der Waals surface area contributed by atoms with Crippen molar-refractivity contribution < 1.29 is 41.7 Å². The van der Waals surface area contributed by atoms with Crippen molar-refractivity contribution >= 4 is 17.6 Å². The minimum Gasteiger partial charge on any atom is -0.489 e. The quantitative estimate of drug-likeness (QED) is 0.448. The van der Waals surface area contributed by atoms with E-state index in [-0.39, 0.29) is 24.7 Å². The highest BCUT2D eigenvalue weighted by atomic mass is 19.4. The Morgan fingerprint density at radius 1 is 0.968 bits per heavy atom. The largest absolute Gasteiger partial charge is 0.489 e. The number of ether oxygens (including phenoxy) is 4. The predicted molar refractivity (Wildman–Crippen MR) is 105 cm³/mol. The van der Waals surface area contributed by atoms with E-state index in [2.05, 4.69) is 5.32 Å². The van der Waals surface area contributed by atoms with Crippen LogP contribution in [0.2, 0.25) is 0 Å². The van der Waals surface area contributed by atoms with Crippen LogP contribution in [-0.2, 0) is 25.2 Å². The number of alkyl halides is 3. The molecule has 0 aromatic heterocycles. The third kappa shape index (κ3) is 7.82. The van der Waals surface area contributed by atoms with E-state index in [1.54, 1.807) is 25.1 Å². The van der Waals surface area contributed by atoms with Gasteiger partial charge in [0.25, 0.3) is 5.91 Å². The van der Waals surface area contributed by atoms with Crippen molar-refractivity contribution in [1.82, 2.24) is 0 Å². The molecule has 31 heavy (non-hydrogen) atoms. The number of nitrogens with one attached hydrogen (secondary N) is 1. The minimum atomic E-state index is -4.61. The van der Waals surface area contributed by atoms with Crippen molar-refractivity contribution in [3.8, 4) is 11.5 Å². The van der Waals surface area contributed by atoms with Gasteiger partial charge in [0.05, 0.1) is 17.9 Å². The number of anilines is 1. The highest BCUT2D eigenvalue weighted by Crippen LogP contribution is 2.35. The molecule has 1 amide bonds. The second-order valence-electron chi connectivity index (χ2n) is 6.31. The minimum absolute atomic E-state index is 0.0209. The van der Waals surface area contributed by atoms with Crippen LogP contribution in [0.5, 0.6) is 11.5 Å². The number of para-hydroxylation sites is 1. The highest BCUT2D eigenvalue weighted by molar-refractivity contribution is 5.94. The summed E-state index contributed by atoms with van der Waals surface area (Å²) in [5.74, 6) is -1.13. The van der Waals surface area contributed by atoms with Gasteiger partial charge in [0.1, 0.15) is 18.1 Å². The van der Waals surface area contributed by atoms with Gasteiger partial charge in [0, 0.05) is 7.11 Å². The molecule has 0 aliphatic carbocycles. The molecule has 0 bridgehead atoms. The molecule has 0 aliphatic rings. The summed E-state index contributed by atoms with van der Waals surface area (Å²) in [4.78, 5) is 23.9. The molecule has 2 rings (SSSR count). The Kier molecular flexibility index (Phi) is 8.68. The van der Waals surface area contributed by atoms with Crippen LogP contribution >= 0.6 is 0 Å². The number of hydrogen-bond acceptors (Lipinski definition) is 6. The first-order valence-corrected chi connectivity index (χ1v) is 9.17. The van der Waals surface area contributed by atoms with Gasteiger partial charge < -0.3 is 24.3 Å². The van der Waals surface area contributed by atoms with E-state index in [0.29, 0.717) is 5.75 Å². The number of methoxy groups -OCH3 is 1. The van der Waals surface area contributed by atoms with Gasteiger partial charge in [0.15, 0.2) is 13.2 Å². The number of carbonyl (C=O) groups excluding carboxylic acids is 2. The summed E-state index contributed by atoms with van der Waals surface area (Å²) in [6.07, 6.45) is -4.61. The van der Waals surface area contributed by atoms with Gasteiger partial charge in [-0.2, -0.15) is 13.2 Å². The maximum absolute atomic E-state index is 13.0. The maximum atomic E-state index is 13.0. The van der Waals surface area contributed by atoms with Crippen LogP contribution in [0.3, 0.4) is 0 Å². The lowest BCUT2D eigenvalue weighted by atomic mass is 10.1.